The Kier molecular flexibility index (Phi) is 4.27. The number of benzene rings is 2. The lowest BCUT2D eigenvalue weighted by molar-refractivity contribution is -0.653. The first kappa shape index (κ1) is 16.4. The molecule has 2 aliphatic rings. The largest absolute Gasteiger partial charge is 0.870 e. The van der Waals surface area contributed by atoms with E-state index in [0.717, 1.165) is 17.1 Å². The van der Waals surface area contributed by atoms with Crippen molar-refractivity contribution in [2.24, 2.45) is 0 Å². The number of carbonyl (C=O) groups is 1. The van der Waals surface area contributed by atoms with Crippen LogP contribution < -0.4 is 20.9 Å². The van der Waals surface area contributed by atoms with Gasteiger partial charge < -0.3 is 10.8 Å². The maximum absolute atomic E-state index is 13.1. The first-order chi connectivity index (χ1) is 11.2. The number of alkyl halides is 1. The fourth-order valence-corrected chi connectivity index (χ4v) is 3.20. The van der Waals surface area contributed by atoms with E-state index in [1.54, 1.807) is 17.7 Å². The molecule has 4 N–H and O–H groups in total. The number of amides is 1. The zero-order valence-corrected chi connectivity index (χ0v) is 14.0. The van der Waals surface area contributed by atoms with Crippen LogP contribution in [0.4, 0.5) is 21.5 Å². The molecule has 1 amide bonds. The standard InChI is InChI=1S/C16H12BrFN4O.H2O/c17-9-13-15-16(23)21(11-7-5-10(18)6-8-11)20-22(15)14-4-2-1-3-12(14)19-13;/h1-8,19-20H,9H2;1H2. The lowest BCUT2D eigenvalue weighted by Gasteiger charge is -2.25. The van der Waals surface area contributed by atoms with Crippen LogP contribution in [0.5, 0.6) is 0 Å². The maximum Gasteiger partial charge on any atom is 0.329 e. The molecule has 2 aromatic carbocycles. The summed E-state index contributed by atoms with van der Waals surface area (Å²) in [5.41, 5.74) is 5.60. The Bertz CT molecular complexity index is 825. The van der Waals surface area contributed by atoms with Crippen LogP contribution in [0, 0.1) is 5.82 Å². The van der Waals surface area contributed by atoms with Gasteiger partial charge in [0, 0.05) is 5.33 Å². The van der Waals surface area contributed by atoms with E-state index in [1.165, 1.54) is 17.1 Å². The lowest BCUT2D eigenvalue weighted by Crippen LogP contribution is -2.98. The fourth-order valence-electron chi connectivity index (χ4n) is 2.79. The van der Waals surface area contributed by atoms with Crippen molar-refractivity contribution >= 4 is 38.9 Å². The fraction of sp³-hybridized carbons (Fsp3) is 0.0625. The number of quaternary nitrogens is 1. The predicted molar refractivity (Wildman–Crippen MR) is 91.1 cm³/mol. The molecule has 24 heavy (non-hydrogen) atoms. The van der Waals surface area contributed by atoms with E-state index in [0.29, 0.717) is 16.7 Å². The Hall–Kier alpha value is -2.42. The molecular weight excluding hydrogens is 379 g/mol. The molecule has 2 aromatic rings. The topological polar surface area (TPSA) is 82.2 Å². The van der Waals surface area contributed by atoms with Gasteiger partial charge >= 0.3 is 5.91 Å². The second-order valence-corrected chi connectivity index (χ2v) is 5.80. The molecule has 0 radical (unpaired) electrons. The van der Waals surface area contributed by atoms with Gasteiger partial charge in [-0.05, 0) is 36.4 Å². The summed E-state index contributed by atoms with van der Waals surface area (Å²) < 4.78 is 13.1. The highest BCUT2D eigenvalue weighted by Gasteiger charge is 2.44. The van der Waals surface area contributed by atoms with Gasteiger partial charge in [-0.1, -0.05) is 28.1 Å². The van der Waals surface area contributed by atoms with Crippen molar-refractivity contribution < 1.29 is 20.2 Å². The van der Waals surface area contributed by atoms with Crippen LogP contribution in [0.2, 0.25) is 0 Å². The van der Waals surface area contributed by atoms with E-state index >= 15 is 0 Å². The molecule has 0 aliphatic carbocycles. The lowest BCUT2D eigenvalue weighted by atomic mass is 10.1. The SMILES string of the molecule is O=C1C2=C(CBr)Nc3ccccc3N2[NH2+]N1c1ccc(F)cc1.[OH-]. The molecule has 8 heteroatoms. The van der Waals surface area contributed by atoms with Gasteiger partial charge in [-0.3, -0.25) is 4.79 Å². The minimum atomic E-state index is -0.328. The van der Waals surface area contributed by atoms with Gasteiger partial charge in [0.1, 0.15) is 17.2 Å². The molecule has 0 bridgehead atoms. The third-order valence-electron chi connectivity index (χ3n) is 3.87. The first-order valence-electron chi connectivity index (χ1n) is 7.07. The van der Waals surface area contributed by atoms with Gasteiger partial charge in [0.05, 0.1) is 11.4 Å². The smallest absolute Gasteiger partial charge is 0.329 e. The molecule has 0 saturated carbocycles. The van der Waals surface area contributed by atoms with Gasteiger partial charge in [-0.2, -0.15) is 5.01 Å². The van der Waals surface area contributed by atoms with Gasteiger partial charge in [-0.15, -0.1) is 10.5 Å². The van der Waals surface area contributed by atoms with Crippen molar-refractivity contribution in [2.45, 2.75) is 0 Å². The Balaban J connectivity index is 0.00000169. The highest BCUT2D eigenvalue weighted by Crippen LogP contribution is 2.35. The molecule has 0 atom stereocenters. The molecule has 4 rings (SSSR count). The van der Waals surface area contributed by atoms with Gasteiger partial charge in [0.2, 0.25) is 0 Å². The van der Waals surface area contributed by atoms with Crippen molar-refractivity contribution in [3.8, 4) is 0 Å². The number of carbonyl (C=O) groups excluding carboxylic acids is 1. The van der Waals surface area contributed by atoms with E-state index in [1.807, 2.05) is 29.3 Å². The molecule has 1 saturated heterocycles. The number of hydrogen-bond acceptors (Lipinski definition) is 4. The van der Waals surface area contributed by atoms with Crippen molar-refractivity contribution in [2.75, 3.05) is 20.7 Å². The molecule has 2 heterocycles. The number of rotatable bonds is 2. The van der Waals surface area contributed by atoms with Crippen molar-refractivity contribution in [3.63, 3.8) is 0 Å². The van der Waals surface area contributed by atoms with E-state index in [2.05, 4.69) is 21.2 Å². The Labute approximate surface area is 145 Å². The first-order valence-corrected chi connectivity index (χ1v) is 8.19. The van der Waals surface area contributed by atoms with Crippen LogP contribution in [-0.4, -0.2) is 16.7 Å². The summed E-state index contributed by atoms with van der Waals surface area (Å²) in [5, 5.41) is 7.22. The average Bonchev–Trinajstić information content (AvgIpc) is 2.93. The quantitative estimate of drug-likeness (QED) is 0.464. The van der Waals surface area contributed by atoms with Crippen LogP contribution in [-0.2, 0) is 4.79 Å². The monoisotopic (exact) mass is 392 g/mol. The number of nitrogens with two attached hydrogens (primary N) is 1. The Morgan fingerprint density at radius 3 is 2.50 bits per heavy atom. The third kappa shape index (κ3) is 2.44. The van der Waals surface area contributed by atoms with Crippen LogP contribution >= 0.6 is 15.9 Å². The van der Waals surface area contributed by atoms with Gasteiger partial charge in [0.15, 0.2) is 5.70 Å². The van der Waals surface area contributed by atoms with Crippen molar-refractivity contribution in [1.29, 1.82) is 0 Å². The predicted octanol–water partition coefficient (Wildman–Crippen LogP) is 1.93. The van der Waals surface area contributed by atoms with Crippen molar-refractivity contribution in [3.05, 3.63) is 65.7 Å². The van der Waals surface area contributed by atoms with Gasteiger partial charge in [-0.25, -0.2) is 4.39 Å². The molecule has 0 aromatic heterocycles. The second-order valence-electron chi connectivity index (χ2n) is 5.24. The summed E-state index contributed by atoms with van der Waals surface area (Å²) in [4.78, 5) is 12.8. The number of anilines is 3. The maximum atomic E-state index is 13.1. The van der Waals surface area contributed by atoms with Crippen molar-refractivity contribution in [1.82, 2.24) is 0 Å². The molecule has 1 fully saturated rings. The average molecular weight is 393 g/mol. The number of para-hydroxylation sites is 2. The molecule has 6 nitrogen and oxygen atoms in total. The third-order valence-corrected chi connectivity index (χ3v) is 4.43. The molecule has 124 valence electrons. The summed E-state index contributed by atoms with van der Waals surface area (Å²) in [6.45, 7) is 0. The summed E-state index contributed by atoms with van der Waals surface area (Å²) in [7, 11) is 0. The van der Waals surface area contributed by atoms with Crippen LogP contribution in [0.25, 0.3) is 0 Å². The van der Waals surface area contributed by atoms with Crippen LogP contribution in [0.15, 0.2) is 59.9 Å². The number of hydrogen-bond donors (Lipinski definition) is 2. The molecular formula is C16H14BrFN4O2. The number of allylic oxidation sites excluding steroid dienone is 1. The molecule has 0 spiro atoms. The number of nitrogens with one attached hydrogen (secondary N) is 1. The van der Waals surface area contributed by atoms with E-state index < -0.39 is 0 Å². The highest BCUT2D eigenvalue weighted by molar-refractivity contribution is 9.09. The Morgan fingerprint density at radius 1 is 1.08 bits per heavy atom. The number of halogens is 2. The number of nitrogens with zero attached hydrogens (tertiary/aromatic N) is 2. The summed E-state index contributed by atoms with van der Waals surface area (Å²) in [6, 6.07) is 13.7. The Morgan fingerprint density at radius 2 is 1.79 bits per heavy atom. The van der Waals surface area contributed by atoms with Gasteiger partial charge in [0.25, 0.3) is 0 Å². The summed E-state index contributed by atoms with van der Waals surface area (Å²) in [6.07, 6.45) is 0. The van der Waals surface area contributed by atoms with E-state index in [-0.39, 0.29) is 17.2 Å². The van der Waals surface area contributed by atoms with E-state index in [9.17, 15) is 9.18 Å². The minimum absolute atomic E-state index is 0. The second kappa shape index (κ2) is 6.23. The normalized spacial score (nSPS) is 15.7. The summed E-state index contributed by atoms with van der Waals surface area (Å²) in [5.74, 6) is -0.474. The van der Waals surface area contributed by atoms with Crippen LogP contribution in [0.3, 0.4) is 0 Å². The van der Waals surface area contributed by atoms with E-state index in [4.69, 9.17) is 0 Å². The minimum Gasteiger partial charge on any atom is -0.870 e. The zero-order valence-electron chi connectivity index (χ0n) is 12.4. The van der Waals surface area contributed by atoms with Crippen LogP contribution in [0.1, 0.15) is 0 Å². The summed E-state index contributed by atoms with van der Waals surface area (Å²) >= 11 is 3.43. The number of fused-ring (bicyclic) bond motifs is 3. The highest BCUT2D eigenvalue weighted by atomic mass is 79.9. The molecule has 2 aliphatic heterocycles. The molecule has 0 unspecified atom stereocenters. The zero-order chi connectivity index (χ0) is 16.0.